The minimum atomic E-state index is -0.401. The lowest BCUT2D eigenvalue weighted by Gasteiger charge is -2.11. The van der Waals surface area contributed by atoms with E-state index in [1.54, 1.807) is 0 Å². The molecule has 2 N–H and O–H groups in total. The Balaban J connectivity index is 1.60. The van der Waals surface area contributed by atoms with Gasteiger partial charge >= 0.3 is 0 Å². The summed E-state index contributed by atoms with van der Waals surface area (Å²) in [7, 11) is 0. The molecule has 0 atom stereocenters. The van der Waals surface area contributed by atoms with E-state index in [-0.39, 0.29) is 12.4 Å². The monoisotopic (exact) mass is 390 g/mol. The van der Waals surface area contributed by atoms with Crippen molar-refractivity contribution in [2.45, 2.75) is 11.8 Å². The molecule has 3 aromatic carbocycles. The Kier molecular flexibility index (Phi) is 5.25. The number of benzene rings is 3. The molecule has 140 valence electrons. The number of hydrogen-bond acceptors (Lipinski definition) is 5. The first kappa shape index (κ1) is 18.1. The third-order valence-electron chi connectivity index (χ3n) is 4.15. The van der Waals surface area contributed by atoms with Crippen LogP contribution in [0.25, 0.3) is 16.5 Å². The minimum Gasteiger partial charge on any atom is -0.486 e. The third kappa shape index (κ3) is 3.99. The number of nitrogens with zero attached hydrogens (tertiary/aromatic N) is 3. The third-order valence-corrected chi connectivity index (χ3v) is 5.10. The zero-order valence-corrected chi connectivity index (χ0v) is 15.8. The van der Waals surface area contributed by atoms with Crippen LogP contribution in [0.1, 0.15) is 5.82 Å². The lowest BCUT2D eigenvalue weighted by Crippen LogP contribution is -2.14. The summed E-state index contributed by atoms with van der Waals surface area (Å²) in [6, 6.07) is 23.8. The maximum Gasteiger partial charge on any atom is 0.227 e. The van der Waals surface area contributed by atoms with Gasteiger partial charge < -0.3 is 10.5 Å². The zero-order valence-electron chi connectivity index (χ0n) is 15.0. The number of carbonyl (C=O) groups excluding carboxylic acids is 1. The van der Waals surface area contributed by atoms with Crippen LogP contribution >= 0.6 is 11.8 Å². The number of fused-ring (bicyclic) bond motifs is 1. The largest absolute Gasteiger partial charge is 0.486 e. The molecule has 7 heteroatoms. The van der Waals surface area contributed by atoms with Crippen LogP contribution in [0.5, 0.6) is 5.75 Å². The van der Waals surface area contributed by atoms with Gasteiger partial charge in [0.25, 0.3) is 0 Å². The number of para-hydroxylation sites is 1. The van der Waals surface area contributed by atoms with Crippen LogP contribution in [-0.4, -0.2) is 26.4 Å². The van der Waals surface area contributed by atoms with Gasteiger partial charge in [-0.05, 0) is 35.0 Å². The highest BCUT2D eigenvalue weighted by Gasteiger charge is 2.16. The summed E-state index contributed by atoms with van der Waals surface area (Å²) in [6.07, 6.45) is 0. The molecule has 0 aliphatic rings. The Morgan fingerprint density at radius 1 is 0.964 bits per heavy atom. The Bertz CT molecular complexity index is 1110. The summed E-state index contributed by atoms with van der Waals surface area (Å²) in [5.41, 5.74) is 6.17. The number of thioether (sulfide) groups is 1. The molecule has 0 aliphatic carbocycles. The van der Waals surface area contributed by atoms with Crippen molar-refractivity contribution < 1.29 is 9.53 Å². The van der Waals surface area contributed by atoms with Crippen molar-refractivity contribution in [2.75, 3.05) is 5.75 Å². The van der Waals surface area contributed by atoms with E-state index in [9.17, 15) is 4.79 Å². The Labute approximate surface area is 166 Å². The predicted molar refractivity (Wildman–Crippen MR) is 110 cm³/mol. The maximum atomic E-state index is 11.2. The first-order chi connectivity index (χ1) is 13.7. The second kappa shape index (κ2) is 8.14. The summed E-state index contributed by atoms with van der Waals surface area (Å²) in [4.78, 5) is 11.2. The topological polar surface area (TPSA) is 83.0 Å². The fourth-order valence-electron chi connectivity index (χ4n) is 2.86. The average Bonchev–Trinajstić information content (AvgIpc) is 3.14. The number of aromatic nitrogens is 3. The highest BCUT2D eigenvalue weighted by atomic mass is 32.2. The normalized spacial score (nSPS) is 10.9. The van der Waals surface area contributed by atoms with E-state index < -0.39 is 5.91 Å². The fourth-order valence-corrected chi connectivity index (χ4v) is 3.57. The van der Waals surface area contributed by atoms with Crippen LogP contribution in [0, 0.1) is 0 Å². The highest BCUT2D eigenvalue weighted by molar-refractivity contribution is 7.99. The Morgan fingerprint density at radius 3 is 2.50 bits per heavy atom. The second-order valence-electron chi connectivity index (χ2n) is 6.12. The molecule has 0 saturated heterocycles. The maximum absolute atomic E-state index is 11.2. The van der Waals surface area contributed by atoms with Gasteiger partial charge in [0.05, 0.1) is 5.75 Å². The van der Waals surface area contributed by atoms with E-state index in [1.807, 2.05) is 71.3 Å². The smallest absolute Gasteiger partial charge is 0.227 e. The Morgan fingerprint density at radius 2 is 1.71 bits per heavy atom. The SMILES string of the molecule is NC(=O)CSc1nnc(COc2ccc3ccccc3c2)n1-c1ccccc1. The summed E-state index contributed by atoms with van der Waals surface area (Å²) >= 11 is 1.25. The molecule has 0 radical (unpaired) electrons. The van der Waals surface area contributed by atoms with Gasteiger partial charge in [0.15, 0.2) is 11.0 Å². The molecule has 4 aromatic rings. The Hall–Kier alpha value is -3.32. The molecule has 0 spiro atoms. The quantitative estimate of drug-likeness (QED) is 0.488. The number of primary amides is 1. The van der Waals surface area contributed by atoms with Crippen molar-refractivity contribution in [1.29, 1.82) is 0 Å². The van der Waals surface area contributed by atoms with Gasteiger partial charge in [0.2, 0.25) is 5.91 Å². The number of nitrogens with two attached hydrogens (primary N) is 1. The van der Waals surface area contributed by atoms with Gasteiger partial charge in [-0.15, -0.1) is 10.2 Å². The molecule has 0 saturated carbocycles. The molecule has 0 fully saturated rings. The van der Waals surface area contributed by atoms with Crippen molar-refractivity contribution in [3.8, 4) is 11.4 Å². The van der Waals surface area contributed by atoms with Crippen molar-refractivity contribution in [3.05, 3.63) is 78.6 Å². The molecule has 1 amide bonds. The van der Waals surface area contributed by atoms with E-state index in [4.69, 9.17) is 10.5 Å². The highest BCUT2D eigenvalue weighted by Crippen LogP contribution is 2.24. The van der Waals surface area contributed by atoms with Gasteiger partial charge in [-0.3, -0.25) is 9.36 Å². The van der Waals surface area contributed by atoms with Crippen LogP contribution in [-0.2, 0) is 11.4 Å². The number of ether oxygens (including phenoxy) is 1. The predicted octanol–water partition coefficient (Wildman–Crippen LogP) is 3.58. The van der Waals surface area contributed by atoms with Gasteiger partial charge in [0.1, 0.15) is 12.4 Å². The fraction of sp³-hybridized carbons (Fsp3) is 0.0952. The van der Waals surface area contributed by atoms with Crippen LogP contribution in [0.2, 0.25) is 0 Å². The van der Waals surface area contributed by atoms with Crippen molar-refractivity contribution in [3.63, 3.8) is 0 Å². The molecule has 28 heavy (non-hydrogen) atoms. The van der Waals surface area contributed by atoms with E-state index in [0.29, 0.717) is 11.0 Å². The number of rotatable bonds is 7. The number of hydrogen-bond donors (Lipinski definition) is 1. The molecule has 1 heterocycles. The van der Waals surface area contributed by atoms with Crippen LogP contribution < -0.4 is 10.5 Å². The molecule has 0 bridgehead atoms. The van der Waals surface area contributed by atoms with E-state index >= 15 is 0 Å². The molecule has 1 aromatic heterocycles. The molecule has 0 aliphatic heterocycles. The molecular formula is C21H18N4O2S. The average molecular weight is 390 g/mol. The standard InChI is InChI=1S/C21H18N4O2S/c22-19(26)14-28-21-24-23-20(25(21)17-8-2-1-3-9-17)13-27-18-11-10-15-6-4-5-7-16(15)12-18/h1-12H,13-14H2,(H2,22,26). The first-order valence-electron chi connectivity index (χ1n) is 8.73. The number of amides is 1. The summed E-state index contributed by atoms with van der Waals surface area (Å²) < 4.78 is 7.86. The van der Waals surface area contributed by atoms with Crippen molar-refractivity contribution >= 4 is 28.4 Å². The zero-order chi connectivity index (χ0) is 19.3. The summed E-state index contributed by atoms with van der Waals surface area (Å²) in [5.74, 6) is 1.14. The first-order valence-corrected chi connectivity index (χ1v) is 9.72. The molecular weight excluding hydrogens is 372 g/mol. The molecule has 0 unspecified atom stereocenters. The summed E-state index contributed by atoms with van der Waals surface area (Å²) in [5, 5.41) is 11.3. The van der Waals surface area contributed by atoms with E-state index in [2.05, 4.69) is 16.3 Å². The number of carbonyl (C=O) groups is 1. The van der Waals surface area contributed by atoms with Gasteiger partial charge in [-0.25, -0.2) is 0 Å². The van der Waals surface area contributed by atoms with Gasteiger partial charge in [-0.2, -0.15) is 0 Å². The van der Waals surface area contributed by atoms with E-state index in [0.717, 1.165) is 22.2 Å². The molecule has 6 nitrogen and oxygen atoms in total. The lowest BCUT2D eigenvalue weighted by atomic mass is 10.1. The van der Waals surface area contributed by atoms with Gasteiger partial charge in [0, 0.05) is 5.69 Å². The van der Waals surface area contributed by atoms with Crippen LogP contribution in [0.15, 0.2) is 78.0 Å². The van der Waals surface area contributed by atoms with Crippen LogP contribution in [0.4, 0.5) is 0 Å². The van der Waals surface area contributed by atoms with Crippen molar-refractivity contribution in [2.24, 2.45) is 5.73 Å². The van der Waals surface area contributed by atoms with Gasteiger partial charge in [-0.1, -0.05) is 60.3 Å². The lowest BCUT2D eigenvalue weighted by molar-refractivity contribution is -0.115. The van der Waals surface area contributed by atoms with Crippen molar-refractivity contribution in [1.82, 2.24) is 14.8 Å². The molecule has 4 rings (SSSR count). The minimum absolute atomic E-state index is 0.135. The second-order valence-corrected chi connectivity index (χ2v) is 7.06. The van der Waals surface area contributed by atoms with E-state index in [1.165, 1.54) is 11.8 Å². The van der Waals surface area contributed by atoms with Crippen LogP contribution in [0.3, 0.4) is 0 Å². The summed E-state index contributed by atoms with van der Waals surface area (Å²) in [6.45, 7) is 0.247.